The summed E-state index contributed by atoms with van der Waals surface area (Å²) in [5.74, 6) is -2.02. The molecule has 10 heteroatoms. The zero-order chi connectivity index (χ0) is 22.3. The molecule has 0 spiro atoms. The third-order valence-electron chi connectivity index (χ3n) is 4.17. The Morgan fingerprint density at radius 3 is 2.03 bits per heavy atom. The summed E-state index contributed by atoms with van der Waals surface area (Å²) < 4.78 is 26.4. The molecular formula is C20H25NO9. The van der Waals surface area contributed by atoms with Gasteiger partial charge in [0.1, 0.15) is 12.6 Å². The summed E-state index contributed by atoms with van der Waals surface area (Å²) in [5, 5.41) is 2.55. The molecule has 1 amide bonds. The SMILES string of the molecule is CC(=O)O[C@H]1O[C@@H](C)[C@H](OC(C)=O)[C@@H](NC(=O)OCc2ccccc2)[C@@H]1OC(C)=O. The first-order valence-electron chi connectivity index (χ1n) is 9.31. The van der Waals surface area contributed by atoms with Crippen molar-refractivity contribution in [2.75, 3.05) is 0 Å². The molecule has 1 heterocycles. The van der Waals surface area contributed by atoms with Gasteiger partial charge < -0.3 is 29.0 Å². The Morgan fingerprint density at radius 1 is 0.900 bits per heavy atom. The van der Waals surface area contributed by atoms with Crippen molar-refractivity contribution in [2.45, 2.75) is 64.9 Å². The van der Waals surface area contributed by atoms with Crippen molar-refractivity contribution in [1.82, 2.24) is 5.32 Å². The Labute approximate surface area is 173 Å². The first-order valence-corrected chi connectivity index (χ1v) is 9.31. The molecule has 1 saturated heterocycles. The standard InChI is InChI=1S/C20H25NO9/c1-11-17(28-12(2)22)16(18(29-13(3)23)19(27-11)30-14(4)24)21-20(25)26-10-15-8-6-5-7-9-15/h5-9,11,16-19H,10H2,1-4H3,(H,21,25)/t11-,16+,17-,18-,19+/m0/s1. The van der Waals surface area contributed by atoms with Gasteiger partial charge >= 0.3 is 24.0 Å². The average molecular weight is 423 g/mol. The molecule has 1 fully saturated rings. The molecule has 0 saturated carbocycles. The number of nitrogens with one attached hydrogen (secondary N) is 1. The monoisotopic (exact) mass is 423 g/mol. The second-order valence-electron chi connectivity index (χ2n) is 6.70. The number of benzene rings is 1. The zero-order valence-corrected chi connectivity index (χ0v) is 17.2. The van der Waals surface area contributed by atoms with Crippen LogP contribution in [0.25, 0.3) is 0 Å². The van der Waals surface area contributed by atoms with Gasteiger partial charge in [-0.05, 0) is 12.5 Å². The highest BCUT2D eigenvalue weighted by Crippen LogP contribution is 2.27. The Bertz CT molecular complexity index is 767. The van der Waals surface area contributed by atoms with Gasteiger partial charge in [0.2, 0.25) is 6.29 Å². The molecule has 1 aromatic carbocycles. The van der Waals surface area contributed by atoms with Gasteiger partial charge in [-0.3, -0.25) is 14.4 Å². The molecule has 1 N–H and O–H groups in total. The fourth-order valence-corrected chi connectivity index (χ4v) is 3.02. The first-order chi connectivity index (χ1) is 14.2. The van der Waals surface area contributed by atoms with Gasteiger partial charge in [-0.15, -0.1) is 0 Å². The number of alkyl carbamates (subject to hydrolysis) is 1. The predicted molar refractivity (Wildman–Crippen MR) is 101 cm³/mol. The quantitative estimate of drug-likeness (QED) is 0.534. The fourth-order valence-electron chi connectivity index (χ4n) is 3.02. The minimum Gasteiger partial charge on any atom is -0.457 e. The molecule has 0 aliphatic carbocycles. The Hall–Kier alpha value is -3.14. The van der Waals surface area contributed by atoms with Gasteiger partial charge in [0.05, 0.1) is 6.10 Å². The Balaban J connectivity index is 2.22. The van der Waals surface area contributed by atoms with Gasteiger partial charge in [-0.2, -0.15) is 0 Å². The van der Waals surface area contributed by atoms with Gasteiger partial charge in [-0.1, -0.05) is 30.3 Å². The van der Waals surface area contributed by atoms with Crippen LogP contribution in [0.1, 0.15) is 33.3 Å². The van der Waals surface area contributed by atoms with Gasteiger partial charge in [-0.25, -0.2) is 4.79 Å². The first kappa shape index (κ1) is 23.1. The molecule has 0 aromatic heterocycles. The van der Waals surface area contributed by atoms with Gasteiger partial charge in [0.25, 0.3) is 0 Å². The molecule has 10 nitrogen and oxygen atoms in total. The molecular weight excluding hydrogens is 398 g/mol. The number of esters is 3. The number of ether oxygens (including phenoxy) is 5. The van der Waals surface area contributed by atoms with Crippen LogP contribution in [0.2, 0.25) is 0 Å². The topological polar surface area (TPSA) is 126 Å². The molecule has 5 atom stereocenters. The van der Waals surface area contributed by atoms with Crippen LogP contribution in [0.3, 0.4) is 0 Å². The van der Waals surface area contributed by atoms with Crippen molar-refractivity contribution in [1.29, 1.82) is 0 Å². The van der Waals surface area contributed by atoms with Gasteiger partial charge in [0.15, 0.2) is 12.2 Å². The van der Waals surface area contributed by atoms with Crippen LogP contribution >= 0.6 is 0 Å². The molecule has 1 aromatic rings. The maximum absolute atomic E-state index is 12.4. The van der Waals surface area contributed by atoms with Crippen LogP contribution in [-0.2, 0) is 44.7 Å². The van der Waals surface area contributed by atoms with E-state index in [4.69, 9.17) is 23.7 Å². The number of carbonyl (C=O) groups excluding carboxylic acids is 4. The third kappa shape index (κ3) is 6.73. The van der Waals surface area contributed by atoms with E-state index >= 15 is 0 Å². The van der Waals surface area contributed by atoms with Crippen LogP contribution in [0, 0.1) is 0 Å². The maximum Gasteiger partial charge on any atom is 0.407 e. The minimum atomic E-state index is -1.31. The van der Waals surface area contributed by atoms with E-state index in [-0.39, 0.29) is 6.61 Å². The van der Waals surface area contributed by atoms with Crippen molar-refractivity contribution in [3.63, 3.8) is 0 Å². The lowest BCUT2D eigenvalue weighted by Gasteiger charge is -2.43. The number of hydrogen-bond acceptors (Lipinski definition) is 9. The third-order valence-corrected chi connectivity index (χ3v) is 4.17. The smallest absolute Gasteiger partial charge is 0.407 e. The van der Waals surface area contributed by atoms with Crippen LogP contribution < -0.4 is 5.32 Å². The molecule has 0 bridgehead atoms. The van der Waals surface area contributed by atoms with E-state index < -0.39 is 54.6 Å². The average Bonchev–Trinajstić information content (AvgIpc) is 2.66. The molecule has 0 radical (unpaired) electrons. The highest BCUT2D eigenvalue weighted by Gasteiger charge is 2.50. The highest BCUT2D eigenvalue weighted by molar-refractivity contribution is 5.70. The van der Waals surface area contributed by atoms with Crippen molar-refractivity contribution >= 4 is 24.0 Å². The molecule has 0 unspecified atom stereocenters. The fraction of sp³-hybridized carbons (Fsp3) is 0.500. The lowest BCUT2D eigenvalue weighted by molar-refractivity contribution is -0.269. The van der Waals surface area contributed by atoms with E-state index in [1.54, 1.807) is 31.2 Å². The van der Waals surface area contributed by atoms with E-state index in [0.717, 1.165) is 19.4 Å². The van der Waals surface area contributed by atoms with E-state index in [9.17, 15) is 19.2 Å². The number of hydrogen-bond donors (Lipinski definition) is 1. The Morgan fingerprint density at radius 2 is 1.47 bits per heavy atom. The normalized spacial score (nSPS) is 25.5. The minimum absolute atomic E-state index is 0.00468. The largest absolute Gasteiger partial charge is 0.457 e. The summed E-state index contributed by atoms with van der Waals surface area (Å²) in [5.41, 5.74) is 0.763. The van der Waals surface area contributed by atoms with Crippen molar-refractivity contribution in [3.8, 4) is 0 Å². The number of carbonyl (C=O) groups is 4. The van der Waals surface area contributed by atoms with Crippen LogP contribution in [0.15, 0.2) is 30.3 Å². The van der Waals surface area contributed by atoms with E-state index in [1.807, 2.05) is 6.07 Å². The van der Waals surface area contributed by atoms with E-state index in [2.05, 4.69) is 5.32 Å². The van der Waals surface area contributed by atoms with Crippen molar-refractivity contribution in [3.05, 3.63) is 35.9 Å². The van der Waals surface area contributed by atoms with Crippen LogP contribution in [0.5, 0.6) is 0 Å². The summed E-state index contributed by atoms with van der Waals surface area (Å²) in [6.07, 6.45) is -5.23. The lowest BCUT2D eigenvalue weighted by Crippen LogP contribution is -2.65. The summed E-state index contributed by atoms with van der Waals surface area (Å²) in [6, 6.07) is 7.90. The molecule has 1 aliphatic rings. The van der Waals surface area contributed by atoms with Crippen LogP contribution in [0.4, 0.5) is 4.79 Å². The van der Waals surface area contributed by atoms with E-state index in [0.29, 0.717) is 0 Å². The summed E-state index contributed by atoms with van der Waals surface area (Å²) in [4.78, 5) is 47.1. The molecule has 164 valence electrons. The molecule has 2 rings (SSSR count). The lowest BCUT2D eigenvalue weighted by atomic mass is 9.96. The zero-order valence-electron chi connectivity index (χ0n) is 17.2. The molecule has 1 aliphatic heterocycles. The van der Waals surface area contributed by atoms with E-state index in [1.165, 1.54) is 6.92 Å². The maximum atomic E-state index is 12.4. The highest BCUT2D eigenvalue weighted by atomic mass is 16.7. The number of rotatable bonds is 6. The summed E-state index contributed by atoms with van der Waals surface area (Å²) in [6.45, 7) is 5.06. The summed E-state index contributed by atoms with van der Waals surface area (Å²) >= 11 is 0. The second kappa shape index (κ2) is 10.6. The molecule has 30 heavy (non-hydrogen) atoms. The number of amides is 1. The van der Waals surface area contributed by atoms with Crippen molar-refractivity contribution < 1.29 is 42.9 Å². The second-order valence-corrected chi connectivity index (χ2v) is 6.70. The Kier molecular flexibility index (Phi) is 8.16. The van der Waals surface area contributed by atoms with Gasteiger partial charge in [0, 0.05) is 20.8 Å². The van der Waals surface area contributed by atoms with Crippen LogP contribution in [-0.4, -0.2) is 54.6 Å². The van der Waals surface area contributed by atoms with Crippen molar-refractivity contribution in [2.24, 2.45) is 0 Å². The predicted octanol–water partition coefficient (Wildman–Crippen LogP) is 1.45. The summed E-state index contributed by atoms with van der Waals surface area (Å²) in [7, 11) is 0.